The van der Waals surface area contributed by atoms with Gasteiger partial charge in [0.25, 0.3) is 5.91 Å². The number of hydrogen-bond donors (Lipinski definition) is 1. The quantitative estimate of drug-likeness (QED) is 0.819. The Bertz CT molecular complexity index is 562. The summed E-state index contributed by atoms with van der Waals surface area (Å²) in [6.07, 6.45) is 3.50. The number of carbonyl (C=O) groups is 1. The predicted octanol–water partition coefficient (Wildman–Crippen LogP) is 3.62. The molecule has 2 atom stereocenters. The molecule has 0 heterocycles. The van der Waals surface area contributed by atoms with Crippen molar-refractivity contribution < 1.29 is 4.79 Å². The number of nitrogens with one attached hydrogen (secondary N) is 1. The van der Waals surface area contributed by atoms with Crippen LogP contribution in [-0.2, 0) is 0 Å². The highest BCUT2D eigenvalue weighted by Crippen LogP contribution is 2.63. The fraction of sp³-hybridized carbons (Fsp3) is 0.529. The van der Waals surface area contributed by atoms with E-state index in [9.17, 15) is 4.79 Å². The maximum atomic E-state index is 12.1. The number of rotatable bonds is 2. The van der Waals surface area contributed by atoms with E-state index in [4.69, 9.17) is 0 Å². The van der Waals surface area contributed by atoms with Gasteiger partial charge in [0.15, 0.2) is 0 Å². The van der Waals surface area contributed by atoms with E-state index in [1.165, 1.54) is 18.6 Å². The number of carbonyl (C=O) groups excluding carboxylic acids is 1. The van der Waals surface area contributed by atoms with Crippen LogP contribution in [0.25, 0.3) is 0 Å². The number of nitrogens with zero attached hydrogens (tertiary/aromatic N) is 1. The fourth-order valence-corrected chi connectivity index (χ4v) is 3.87. The summed E-state index contributed by atoms with van der Waals surface area (Å²) in [4.78, 5) is 12.1. The minimum absolute atomic E-state index is 0.123. The molecule has 2 bridgehead atoms. The Labute approximate surface area is 120 Å². The first-order valence-electron chi connectivity index (χ1n) is 7.37. The van der Waals surface area contributed by atoms with Crippen molar-refractivity contribution >= 4 is 11.6 Å². The van der Waals surface area contributed by atoms with E-state index in [0.29, 0.717) is 16.9 Å². The lowest BCUT2D eigenvalue weighted by Gasteiger charge is -2.34. The lowest BCUT2D eigenvalue weighted by atomic mass is 9.70. The van der Waals surface area contributed by atoms with Crippen LogP contribution in [0.15, 0.2) is 35.4 Å². The zero-order valence-electron chi connectivity index (χ0n) is 12.4. The van der Waals surface area contributed by atoms with E-state index in [2.05, 4.69) is 31.3 Å². The zero-order valence-corrected chi connectivity index (χ0v) is 12.4. The number of hydrazone groups is 1. The van der Waals surface area contributed by atoms with Gasteiger partial charge in [-0.05, 0) is 42.7 Å². The molecule has 3 heteroatoms. The van der Waals surface area contributed by atoms with Crippen molar-refractivity contribution in [3.8, 4) is 0 Å². The second kappa shape index (κ2) is 4.44. The third-order valence-corrected chi connectivity index (χ3v) is 5.84. The van der Waals surface area contributed by atoms with Gasteiger partial charge in [-0.25, -0.2) is 5.43 Å². The third-order valence-electron chi connectivity index (χ3n) is 5.84. The fourth-order valence-electron chi connectivity index (χ4n) is 3.87. The van der Waals surface area contributed by atoms with Crippen LogP contribution in [-0.4, -0.2) is 11.6 Å². The summed E-state index contributed by atoms with van der Waals surface area (Å²) in [5, 5.41) is 4.47. The van der Waals surface area contributed by atoms with Crippen LogP contribution in [0.4, 0.5) is 0 Å². The predicted molar refractivity (Wildman–Crippen MR) is 80.6 cm³/mol. The Kier molecular flexibility index (Phi) is 2.96. The van der Waals surface area contributed by atoms with Crippen molar-refractivity contribution in [1.82, 2.24) is 5.43 Å². The second-order valence-electron chi connectivity index (χ2n) is 6.86. The molecule has 1 amide bonds. The highest BCUT2D eigenvalue weighted by molar-refractivity contribution is 5.98. The Morgan fingerprint density at radius 2 is 1.95 bits per heavy atom. The molecule has 0 unspecified atom stereocenters. The molecule has 106 valence electrons. The average molecular weight is 270 g/mol. The largest absolute Gasteiger partial charge is 0.271 e. The maximum absolute atomic E-state index is 12.1. The van der Waals surface area contributed by atoms with E-state index >= 15 is 0 Å². The van der Waals surface area contributed by atoms with Crippen molar-refractivity contribution in [2.45, 2.75) is 40.0 Å². The smallest absolute Gasteiger partial charge is 0.267 e. The molecule has 1 aromatic carbocycles. The summed E-state index contributed by atoms with van der Waals surface area (Å²) in [6, 6.07) is 9.25. The van der Waals surface area contributed by atoms with Gasteiger partial charge < -0.3 is 0 Å². The molecule has 0 radical (unpaired) electrons. The van der Waals surface area contributed by atoms with Gasteiger partial charge in [-0.1, -0.05) is 39.0 Å². The minimum Gasteiger partial charge on any atom is -0.267 e. The van der Waals surface area contributed by atoms with Crippen molar-refractivity contribution in [3.05, 3.63) is 35.9 Å². The van der Waals surface area contributed by atoms with Crippen molar-refractivity contribution in [2.24, 2.45) is 21.8 Å². The van der Waals surface area contributed by atoms with E-state index < -0.39 is 0 Å². The van der Waals surface area contributed by atoms with Gasteiger partial charge in [0.1, 0.15) is 0 Å². The maximum Gasteiger partial charge on any atom is 0.271 e. The first kappa shape index (κ1) is 13.3. The molecule has 3 rings (SSSR count). The number of hydrogen-bond acceptors (Lipinski definition) is 2. The molecule has 0 saturated heterocycles. The van der Waals surface area contributed by atoms with Crippen molar-refractivity contribution in [1.29, 1.82) is 0 Å². The third kappa shape index (κ3) is 1.80. The molecule has 1 N–H and O–H groups in total. The molecular weight excluding hydrogens is 248 g/mol. The van der Waals surface area contributed by atoms with Crippen molar-refractivity contribution in [2.75, 3.05) is 0 Å². The van der Waals surface area contributed by atoms with Crippen LogP contribution in [0.5, 0.6) is 0 Å². The number of fused-ring (bicyclic) bond motifs is 2. The lowest BCUT2D eigenvalue weighted by molar-refractivity contribution is 0.0954. The molecular formula is C17H22N2O. The average Bonchev–Trinajstić information content (AvgIpc) is 2.78. The summed E-state index contributed by atoms with van der Waals surface area (Å²) in [5.41, 5.74) is 5.00. The first-order valence-corrected chi connectivity index (χ1v) is 7.37. The normalized spacial score (nSPS) is 32.5. The minimum atomic E-state index is -0.123. The standard InChI is InChI=1S/C17H22N2O/c1-16(2)13-9-10-17(16,3)14(11-13)18-19-15(20)12-7-5-4-6-8-12/h4-8,13H,9-11H2,1-3H3,(H,19,20)/b18-14+/t13-,17-/m0/s1. The van der Waals surface area contributed by atoms with E-state index in [1.807, 2.05) is 30.3 Å². The molecule has 0 aromatic heterocycles. The van der Waals surface area contributed by atoms with Gasteiger partial charge in [-0.2, -0.15) is 5.10 Å². The van der Waals surface area contributed by atoms with Crippen LogP contribution in [0, 0.1) is 16.7 Å². The first-order chi connectivity index (χ1) is 9.45. The van der Waals surface area contributed by atoms with E-state index in [0.717, 1.165) is 6.42 Å². The van der Waals surface area contributed by atoms with Crippen LogP contribution >= 0.6 is 0 Å². The van der Waals surface area contributed by atoms with E-state index in [1.54, 1.807) is 0 Å². The number of amides is 1. The molecule has 2 fully saturated rings. The van der Waals surface area contributed by atoms with Gasteiger partial charge in [0.05, 0.1) is 0 Å². The number of benzene rings is 1. The SMILES string of the molecule is CC1(C)[C@H]2CC[C@@]1(C)/C(=N/NC(=O)c1ccccc1)C2. The van der Waals surface area contributed by atoms with Crippen LogP contribution in [0.3, 0.4) is 0 Å². The molecule has 2 aliphatic carbocycles. The van der Waals surface area contributed by atoms with Gasteiger partial charge >= 0.3 is 0 Å². The zero-order chi connectivity index (χ0) is 14.4. The lowest BCUT2D eigenvalue weighted by Crippen LogP contribution is -2.34. The molecule has 0 aliphatic heterocycles. The highest BCUT2D eigenvalue weighted by Gasteiger charge is 2.59. The van der Waals surface area contributed by atoms with Gasteiger partial charge in [-0.3, -0.25) is 4.79 Å². The Morgan fingerprint density at radius 1 is 1.25 bits per heavy atom. The second-order valence-corrected chi connectivity index (χ2v) is 6.86. The molecule has 0 spiro atoms. The van der Waals surface area contributed by atoms with Crippen LogP contribution in [0.2, 0.25) is 0 Å². The van der Waals surface area contributed by atoms with E-state index in [-0.39, 0.29) is 11.3 Å². The van der Waals surface area contributed by atoms with Gasteiger partial charge in [-0.15, -0.1) is 0 Å². The summed E-state index contributed by atoms with van der Waals surface area (Å²) in [5.74, 6) is 0.585. The highest BCUT2D eigenvalue weighted by atomic mass is 16.2. The van der Waals surface area contributed by atoms with Gasteiger partial charge in [0.2, 0.25) is 0 Å². The summed E-state index contributed by atoms with van der Waals surface area (Å²) in [7, 11) is 0. The Morgan fingerprint density at radius 3 is 2.50 bits per heavy atom. The Balaban J connectivity index is 1.77. The summed E-state index contributed by atoms with van der Waals surface area (Å²) >= 11 is 0. The monoisotopic (exact) mass is 270 g/mol. The topological polar surface area (TPSA) is 41.5 Å². The Hall–Kier alpha value is -1.64. The summed E-state index contributed by atoms with van der Waals surface area (Å²) in [6.45, 7) is 6.98. The molecule has 3 nitrogen and oxygen atoms in total. The molecule has 20 heavy (non-hydrogen) atoms. The van der Waals surface area contributed by atoms with Crippen molar-refractivity contribution in [3.63, 3.8) is 0 Å². The molecule has 2 aliphatic rings. The van der Waals surface area contributed by atoms with Gasteiger partial charge in [0, 0.05) is 16.7 Å². The van der Waals surface area contributed by atoms with Crippen LogP contribution < -0.4 is 5.43 Å². The summed E-state index contributed by atoms with van der Waals surface area (Å²) < 4.78 is 0. The van der Waals surface area contributed by atoms with Crippen LogP contribution in [0.1, 0.15) is 50.4 Å². The molecule has 1 aromatic rings. The molecule has 2 saturated carbocycles.